The summed E-state index contributed by atoms with van der Waals surface area (Å²) in [5.74, 6) is 0. The first-order valence-electron chi connectivity index (χ1n) is 5.48. The Hall–Kier alpha value is 0.280. The monoisotopic (exact) mass is 408 g/mol. The summed E-state index contributed by atoms with van der Waals surface area (Å²) in [6.45, 7) is 1.55. The number of nitrogens with zero attached hydrogens (tertiary/aromatic N) is 1. The zero-order valence-electron chi connectivity index (χ0n) is 9.90. The van der Waals surface area contributed by atoms with Gasteiger partial charge >= 0.3 is 0 Å². The second-order valence-electron chi connectivity index (χ2n) is 4.07. The molecular formula is C12H14Br2N2S2. The number of nitrogens with two attached hydrogens (primary N) is 1. The van der Waals surface area contributed by atoms with Crippen LogP contribution in [0.15, 0.2) is 31.2 Å². The molecule has 1 atom stereocenters. The Kier molecular flexibility index (Phi) is 5.41. The Labute approximate surface area is 132 Å². The minimum absolute atomic E-state index is 0.278. The van der Waals surface area contributed by atoms with Gasteiger partial charge in [-0.2, -0.15) is 0 Å². The van der Waals surface area contributed by atoms with Gasteiger partial charge in [-0.1, -0.05) is 0 Å². The highest BCUT2D eigenvalue weighted by molar-refractivity contribution is 9.11. The molecule has 1 unspecified atom stereocenters. The summed E-state index contributed by atoms with van der Waals surface area (Å²) in [6.07, 6.45) is 0. The Balaban J connectivity index is 2.08. The maximum Gasteiger partial charge on any atom is 0.0702 e. The van der Waals surface area contributed by atoms with Gasteiger partial charge in [0.1, 0.15) is 0 Å². The molecule has 2 aromatic heterocycles. The van der Waals surface area contributed by atoms with Gasteiger partial charge in [0.15, 0.2) is 0 Å². The topological polar surface area (TPSA) is 29.3 Å². The third-order valence-corrected chi connectivity index (χ3v) is 6.01. The van der Waals surface area contributed by atoms with Gasteiger partial charge in [0, 0.05) is 18.0 Å². The molecule has 0 fully saturated rings. The van der Waals surface area contributed by atoms with Crippen LogP contribution in [0.1, 0.15) is 16.5 Å². The molecule has 0 radical (unpaired) electrons. The summed E-state index contributed by atoms with van der Waals surface area (Å²) in [5.41, 5.74) is 7.24. The van der Waals surface area contributed by atoms with E-state index >= 15 is 0 Å². The van der Waals surface area contributed by atoms with Crippen molar-refractivity contribution in [1.29, 1.82) is 0 Å². The lowest BCUT2D eigenvalue weighted by Crippen LogP contribution is -2.29. The minimum Gasteiger partial charge on any atom is -0.329 e. The fourth-order valence-electron chi connectivity index (χ4n) is 1.85. The van der Waals surface area contributed by atoms with Crippen LogP contribution in [-0.2, 0) is 6.54 Å². The Bertz CT molecular complexity index is 510. The number of halogens is 2. The molecule has 0 aliphatic rings. The molecule has 0 aliphatic heterocycles. The van der Waals surface area contributed by atoms with Gasteiger partial charge < -0.3 is 5.73 Å². The zero-order valence-corrected chi connectivity index (χ0v) is 14.7. The van der Waals surface area contributed by atoms with E-state index in [2.05, 4.69) is 67.4 Å². The van der Waals surface area contributed by atoms with E-state index in [-0.39, 0.29) is 6.04 Å². The molecule has 2 aromatic rings. The van der Waals surface area contributed by atoms with Crippen molar-refractivity contribution in [3.8, 4) is 0 Å². The lowest BCUT2D eigenvalue weighted by atomic mass is 10.2. The minimum atomic E-state index is 0.278. The number of likely N-dealkylation sites (N-methyl/N-ethyl adjacent to an activating group) is 1. The van der Waals surface area contributed by atoms with Gasteiger partial charge in [-0.25, -0.2) is 0 Å². The van der Waals surface area contributed by atoms with Gasteiger partial charge in [-0.15, -0.1) is 22.7 Å². The molecule has 2 rings (SSSR count). The predicted molar refractivity (Wildman–Crippen MR) is 87.3 cm³/mol. The predicted octanol–water partition coefficient (Wildman–Crippen LogP) is 4.47. The SMILES string of the molecule is CN(Cc1csc(Br)c1)C(CN)c1ccc(Br)s1. The highest BCUT2D eigenvalue weighted by atomic mass is 79.9. The summed E-state index contributed by atoms with van der Waals surface area (Å²) in [5, 5.41) is 2.18. The summed E-state index contributed by atoms with van der Waals surface area (Å²) >= 11 is 10.5. The van der Waals surface area contributed by atoms with Gasteiger partial charge in [0.05, 0.1) is 13.6 Å². The normalized spacial score (nSPS) is 13.2. The standard InChI is InChI=1S/C12H14Br2N2S2/c1-16(6-8-4-12(14)17-7-8)9(5-15)10-2-3-11(13)18-10/h2-4,7,9H,5-6,15H2,1H3. The van der Waals surface area contributed by atoms with Crippen molar-refractivity contribution in [1.82, 2.24) is 4.90 Å². The Morgan fingerprint density at radius 3 is 2.61 bits per heavy atom. The van der Waals surface area contributed by atoms with Crippen LogP contribution in [-0.4, -0.2) is 18.5 Å². The van der Waals surface area contributed by atoms with Crippen LogP contribution in [0.2, 0.25) is 0 Å². The van der Waals surface area contributed by atoms with E-state index in [0.717, 1.165) is 10.3 Å². The second-order valence-corrected chi connectivity index (χ2v) is 8.85. The second kappa shape index (κ2) is 6.63. The molecule has 2 nitrogen and oxygen atoms in total. The number of hydrogen-bond donors (Lipinski definition) is 1. The molecule has 0 spiro atoms. The Morgan fingerprint density at radius 2 is 2.11 bits per heavy atom. The molecule has 0 saturated heterocycles. The van der Waals surface area contributed by atoms with Crippen molar-refractivity contribution in [2.75, 3.05) is 13.6 Å². The summed E-state index contributed by atoms with van der Waals surface area (Å²) in [4.78, 5) is 3.61. The first-order valence-corrected chi connectivity index (χ1v) is 8.77. The smallest absolute Gasteiger partial charge is 0.0702 e. The van der Waals surface area contributed by atoms with Crippen LogP contribution in [0.5, 0.6) is 0 Å². The van der Waals surface area contributed by atoms with E-state index in [1.54, 1.807) is 22.7 Å². The van der Waals surface area contributed by atoms with Crippen LogP contribution in [0.4, 0.5) is 0 Å². The highest BCUT2D eigenvalue weighted by Crippen LogP contribution is 2.31. The van der Waals surface area contributed by atoms with Gasteiger partial charge in [0.25, 0.3) is 0 Å². The van der Waals surface area contributed by atoms with Crippen LogP contribution in [0.25, 0.3) is 0 Å². The fourth-order valence-corrected chi connectivity index (χ4v) is 4.65. The van der Waals surface area contributed by atoms with Crippen LogP contribution in [0, 0.1) is 0 Å². The summed E-state index contributed by atoms with van der Waals surface area (Å²) < 4.78 is 2.33. The number of hydrogen-bond acceptors (Lipinski definition) is 4. The first-order chi connectivity index (χ1) is 8.60. The molecule has 0 aliphatic carbocycles. The van der Waals surface area contributed by atoms with E-state index in [9.17, 15) is 0 Å². The molecule has 0 bridgehead atoms. The zero-order chi connectivity index (χ0) is 13.1. The first kappa shape index (κ1) is 14.7. The molecular weight excluding hydrogens is 396 g/mol. The molecule has 2 heterocycles. The van der Waals surface area contributed by atoms with E-state index in [4.69, 9.17) is 5.73 Å². The molecule has 0 aromatic carbocycles. The third-order valence-electron chi connectivity index (χ3n) is 2.73. The van der Waals surface area contributed by atoms with Crippen molar-refractivity contribution < 1.29 is 0 Å². The van der Waals surface area contributed by atoms with Crippen molar-refractivity contribution in [3.05, 3.63) is 41.6 Å². The van der Waals surface area contributed by atoms with E-state index < -0.39 is 0 Å². The average Bonchev–Trinajstić information content (AvgIpc) is 2.89. The maximum absolute atomic E-state index is 5.92. The van der Waals surface area contributed by atoms with Gasteiger partial charge in [-0.3, -0.25) is 4.90 Å². The lowest BCUT2D eigenvalue weighted by Gasteiger charge is -2.25. The average molecular weight is 410 g/mol. The fraction of sp³-hybridized carbons (Fsp3) is 0.333. The Morgan fingerprint density at radius 1 is 1.33 bits per heavy atom. The summed E-state index contributed by atoms with van der Waals surface area (Å²) in [7, 11) is 2.12. The molecule has 0 amide bonds. The van der Waals surface area contributed by atoms with Crippen LogP contribution >= 0.6 is 54.5 Å². The maximum atomic E-state index is 5.92. The van der Waals surface area contributed by atoms with Gasteiger partial charge in [-0.05, 0) is 68.1 Å². The molecule has 6 heteroatoms. The molecule has 98 valence electrons. The highest BCUT2D eigenvalue weighted by Gasteiger charge is 2.17. The molecule has 2 N–H and O–H groups in total. The largest absolute Gasteiger partial charge is 0.329 e. The van der Waals surface area contributed by atoms with E-state index in [0.29, 0.717) is 6.54 Å². The number of thiophene rings is 2. The van der Waals surface area contributed by atoms with Crippen molar-refractivity contribution in [2.45, 2.75) is 12.6 Å². The van der Waals surface area contributed by atoms with E-state index in [1.165, 1.54) is 14.2 Å². The quantitative estimate of drug-likeness (QED) is 0.789. The van der Waals surface area contributed by atoms with Crippen LogP contribution < -0.4 is 5.73 Å². The number of rotatable bonds is 5. The van der Waals surface area contributed by atoms with Crippen molar-refractivity contribution in [2.24, 2.45) is 5.73 Å². The lowest BCUT2D eigenvalue weighted by molar-refractivity contribution is 0.245. The van der Waals surface area contributed by atoms with Gasteiger partial charge in [0.2, 0.25) is 0 Å². The third kappa shape index (κ3) is 3.65. The molecule has 18 heavy (non-hydrogen) atoms. The van der Waals surface area contributed by atoms with Crippen LogP contribution in [0.3, 0.4) is 0 Å². The summed E-state index contributed by atoms with van der Waals surface area (Å²) in [6, 6.07) is 6.67. The van der Waals surface area contributed by atoms with Crippen molar-refractivity contribution in [3.63, 3.8) is 0 Å². The van der Waals surface area contributed by atoms with E-state index in [1.807, 2.05) is 0 Å². The van der Waals surface area contributed by atoms with Crippen molar-refractivity contribution >= 4 is 54.5 Å². The molecule has 0 saturated carbocycles.